The van der Waals surface area contributed by atoms with Gasteiger partial charge in [-0.3, -0.25) is 14.3 Å². The van der Waals surface area contributed by atoms with E-state index < -0.39 is 5.69 Å². The fourth-order valence-corrected chi connectivity index (χ4v) is 2.85. The van der Waals surface area contributed by atoms with Gasteiger partial charge in [-0.15, -0.1) is 0 Å². The lowest BCUT2D eigenvalue weighted by Gasteiger charge is -2.09. The predicted molar refractivity (Wildman–Crippen MR) is 85.9 cm³/mol. The molecular formula is C14H13Cl3N2O2. The number of nitrogens with zero attached hydrogens (tertiary/aromatic N) is 1. The average Bonchev–Trinajstić information content (AvgIpc) is 2.40. The topological polar surface area (TPSA) is 54.9 Å². The number of aromatic nitrogens is 2. The minimum absolute atomic E-state index is 0.105. The zero-order valence-electron chi connectivity index (χ0n) is 11.3. The van der Waals surface area contributed by atoms with Gasteiger partial charge in [-0.2, -0.15) is 0 Å². The molecule has 1 aromatic heterocycles. The highest BCUT2D eigenvalue weighted by atomic mass is 35.5. The number of nitrogens with one attached hydrogen (secondary N) is 1. The zero-order chi connectivity index (χ0) is 15.6. The van der Waals surface area contributed by atoms with Gasteiger partial charge in [0.05, 0.1) is 5.56 Å². The van der Waals surface area contributed by atoms with Crippen molar-refractivity contribution in [3.8, 4) is 0 Å². The monoisotopic (exact) mass is 346 g/mol. The third-order valence-corrected chi connectivity index (χ3v) is 4.11. The molecule has 112 valence electrons. The van der Waals surface area contributed by atoms with Crippen LogP contribution in [-0.2, 0) is 19.4 Å². The summed E-state index contributed by atoms with van der Waals surface area (Å²) < 4.78 is 1.13. The normalized spacial score (nSPS) is 10.9. The van der Waals surface area contributed by atoms with Crippen molar-refractivity contribution in [2.75, 3.05) is 0 Å². The van der Waals surface area contributed by atoms with Gasteiger partial charge in [0.25, 0.3) is 5.56 Å². The third kappa shape index (κ3) is 3.51. The van der Waals surface area contributed by atoms with Gasteiger partial charge in [0.1, 0.15) is 5.15 Å². The second kappa shape index (κ2) is 6.69. The molecule has 0 radical (unpaired) electrons. The molecule has 2 aromatic rings. The Labute approximate surface area is 136 Å². The van der Waals surface area contributed by atoms with Crippen LogP contribution in [-0.4, -0.2) is 9.55 Å². The highest BCUT2D eigenvalue weighted by Crippen LogP contribution is 2.21. The van der Waals surface area contributed by atoms with Crippen LogP contribution in [0.4, 0.5) is 0 Å². The van der Waals surface area contributed by atoms with Crippen LogP contribution in [0.25, 0.3) is 0 Å². The van der Waals surface area contributed by atoms with E-state index in [2.05, 4.69) is 4.98 Å². The smallest absolute Gasteiger partial charge is 0.297 e. The van der Waals surface area contributed by atoms with Gasteiger partial charge in [-0.25, -0.2) is 4.79 Å². The van der Waals surface area contributed by atoms with Crippen molar-refractivity contribution in [3.05, 3.63) is 65.4 Å². The van der Waals surface area contributed by atoms with E-state index in [0.717, 1.165) is 10.1 Å². The van der Waals surface area contributed by atoms with Crippen LogP contribution in [0.3, 0.4) is 0 Å². The summed E-state index contributed by atoms with van der Waals surface area (Å²) in [4.78, 5) is 26.5. The summed E-state index contributed by atoms with van der Waals surface area (Å²) in [5.41, 5.74) is 0.336. The van der Waals surface area contributed by atoms with E-state index in [1.54, 1.807) is 25.1 Å². The van der Waals surface area contributed by atoms with Crippen molar-refractivity contribution >= 4 is 34.8 Å². The Kier molecular flexibility index (Phi) is 5.14. The first-order chi connectivity index (χ1) is 9.93. The molecule has 1 N–H and O–H groups in total. The Bertz CT molecular complexity index is 781. The predicted octanol–water partition coefficient (Wildman–Crippen LogP) is 3.30. The Balaban J connectivity index is 2.32. The summed E-state index contributed by atoms with van der Waals surface area (Å²) in [7, 11) is 0. The Morgan fingerprint density at radius 2 is 1.90 bits per heavy atom. The molecule has 21 heavy (non-hydrogen) atoms. The first-order valence-electron chi connectivity index (χ1n) is 6.39. The summed E-state index contributed by atoms with van der Waals surface area (Å²) in [6, 6.07) is 5.13. The molecule has 2 rings (SSSR count). The number of hydrogen-bond donors (Lipinski definition) is 1. The molecular weight excluding hydrogens is 335 g/mol. The summed E-state index contributed by atoms with van der Waals surface area (Å²) in [6.45, 7) is 2.03. The van der Waals surface area contributed by atoms with E-state index >= 15 is 0 Å². The third-order valence-electron chi connectivity index (χ3n) is 3.20. The van der Waals surface area contributed by atoms with Gasteiger partial charge in [0.15, 0.2) is 0 Å². The fraction of sp³-hybridized carbons (Fsp3) is 0.286. The van der Waals surface area contributed by atoms with Crippen molar-refractivity contribution in [1.82, 2.24) is 9.55 Å². The molecule has 0 saturated heterocycles. The van der Waals surface area contributed by atoms with Crippen LogP contribution in [0.1, 0.15) is 18.1 Å². The average molecular weight is 348 g/mol. The van der Waals surface area contributed by atoms with Crippen molar-refractivity contribution in [3.63, 3.8) is 0 Å². The van der Waals surface area contributed by atoms with Crippen LogP contribution in [0.15, 0.2) is 27.8 Å². The van der Waals surface area contributed by atoms with Crippen LogP contribution in [0.5, 0.6) is 0 Å². The lowest BCUT2D eigenvalue weighted by atomic mass is 10.1. The lowest BCUT2D eigenvalue weighted by molar-refractivity contribution is 0.619. The van der Waals surface area contributed by atoms with E-state index in [9.17, 15) is 9.59 Å². The van der Waals surface area contributed by atoms with Crippen LogP contribution in [0, 0.1) is 0 Å². The molecule has 1 aromatic carbocycles. The molecule has 4 nitrogen and oxygen atoms in total. The van der Waals surface area contributed by atoms with Gasteiger partial charge >= 0.3 is 5.69 Å². The van der Waals surface area contributed by atoms with Gasteiger partial charge < -0.3 is 0 Å². The molecule has 0 bridgehead atoms. The molecule has 0 spiro atoms. The van der Waals surface area contributed by atoms with Gasteiger partial charge in [-0.1, -0.05) is 47.8 Å². The quantitative estimate of drug-likeness (QED) is 0.863. The first kappa shape index (κ1) is 16.1. The van der Waals surface area contributed by atoms with Gasteiger partial charge in [0, 0.05) is 16.6 Å². The molecule has 0 saturated carbocycles. The van der Waals surface area contributed by atoms with Gasteiger partial charge in [-0.05, 0) is 30.5 Å². The molecule has 1 heterocycles. The Hall–Kier alpha value is -1.23. The van der Waals surface area contributed by atoms with E-state index in [0.29, 0.717) is 28.5 Å². The zero-order valence-corrected chi connectivity index (χ0v) is 13.5. The maximum Gasteiger partial charge on any atom is 0.329 e. The van der Waals surface area contributed by atoms with E-state index in [1.165, 1.54) is 0 Å². The number of halogens is 3. The van der Waals surface area contributed by atoms with Gasteiger partial charge in [0.2, 0.25) is 0 Å². The van der Waals surface area contributed by atoms with Crippen molar-refractivity contribution < 1.29 is 0 Å². The standard InChI is InChI=1S/C14H13Cl3N2O2/c1-2-10-12(17)18-14(21)19(13(10)20)6-5-8-3-4-9(15)7-11(8)16/h3-4,7H,2,5-6H2,1H3,(H,18,21). The number of aryl methyl sites for hydroxylation is 1. The molecule has 0 aliphatic heterocycles. The van der Waals surface area contributed by atoms with Crippen molar-refractivity contribution in [1.29, 1.82) is 0 Å². The number of benzene rings is 1. The maximum atomic E-state index is 12.2. The summed E-state index contributed by atoms with van der Waals surface area (Å²) in [6.07, 6.45) is 0.903. The second-order valence-electron chi connectivity index (χ2n) is 4.52. The highest BCUT2D eigenvalue weighted by Gasteiger charge is 2.11. The Morgan fingerprint density at radius 1 is 1.19 bits per heavy atom. The minimum Gasteiger partial charge on any atom is -0.297 e. The van der Waals surface area contributed by atoms with E-state index in [4.69, 9.17) is 34.8 Å². The SMILES string of the molecule is CCc1c(Cl)[nH]c(=O)n(CCc2ccc(Cl)cc2Cl)c1=O. The molecule has 0 unspecified atom stereocenters. The van der Waals surface area contributed by atoms with Crippen LogP contribution in [0.2, 0.25) is 15.2 Å². The molecule has 0 aliphatic carbocycles. The lowest BCUT2D eigenvalue weighted by Crippen LogP contribution is -2.37. The second-order valence-corrected chi connectivity index (χ2v) is 5.74. The van der Waals surface area contributed by atoms with Crippen molar-refractivity contribution in [2.45, 2.75) is 26.3 Å². The first-order valence-corrected chi connectivity index (χ1v) is 7.52. The van der Waals surface area contributed by atoms with Crippen LogP contribution < -0.4 is 11.2 Å². The number of rotatable bonds is 4. The minimum atomic E-state index is -0.521. The Morgan fingerprint density at radius 3 is 2.52 bits per heavy atom. The summed E-state index contributed by atoms with van der Waals surface area (Å²) >= 11 is 17.8. The summed E-state index contributed by atoms with van der Waals surface area (Å²) in [5, 5.41) is 1.16. The molecule has 7 heteroatoms. The molecule has 0 atom stereocenters. The number of aromatic amines is 1. The molecule has 0 fully saturated rings. The largest absolute Gasteiger partial charge is 0.329 e. The maximum absolute atomic E-state index is 12.2. The molecule has 0 amide bonds. The number of H-pyrrole nitrogens is 1. The van der Waals surface area contributed by atoms with Crippen molar-refractivity contribution in [2.24, 2.45) is 0 Å². The number of hydrogen-bond acceptors (Lipinski definition) is 2. The van der Waals surface area contributed by atoms with Crippen LogP contribution >= 0.6 is 34.8 Å². The van der Waals surface area contributed by atoms with E-state index in [1.807, 2.05) is 0 Å². The fourth-order valence-electron chi connectivity index (χ4n) is 2.05. The highest BCUT2D eigenvalue weighted by molar-refractivity contribution is 6.35. The van der Waals surface area contributed by atoms with E-state index in [-0.39, 0.29) is 17.3 Å². The summed E-state index contributed by atoms with van der Waals surface area (Å²) in [5.74, 6) is 0. The molecule has 0 aliphatic rings.